The number of amides is 1. The predicted octanol–water partition coefficient (Wildman–Crippen LogP) is 4.89. The number of nitrogens with one attached hydrogen (secondary N) is 2. The Kier molecular flexibility index (Phi) is 7.46. The number of nitrogens with zero attached hydrogens (tertiary/aromatic N) is 3. The number of carbonyl (C=O) groups excluding carboxylic acids is 1. The average molecular weight is 437 g/mol. The second-order valence-corrected chi connectivity index (χ2v) is 8.89. The third-order valence-electron chi connectivity index (χ3n) is 4.76. The van der Waals surface area contributed by atoms with Gasteiger partial charge in [-0.15, -0.1) is 11.8 Å². The van der Waals surface area contributed by atoms with Gasteiger partial charge in [0.2, 0.25) is 17.8 Å². The summed E-state index contributed by atoms with van der Waals surface area (Å²) < 4.78 is 0. The number of benzene rings is 2. The summed E-state index contributed by atoms with van der Waals surface area (Å²) in [4.78, 5) is 25.5. The number of rotatable bonds is 8. The van der Waals surface area contributed by atoms with Gasteiger partial charge in [-0.2, -0.15) is 15.0 Å². The van der Waals surface area contributed by atoms with Gasteiger partial charge < -0.3 is 16.4 Å². The van der Waals surface area contributed by atoms with Gasteiger partial charge in [0.25, 0.3) is 0 Å². The van der Waals surface area contributed by atoms with E-state index in [4.69, 9.17) is 5.73 Å². The fourth-order valence-corrected chi connectivity index (χ4v) is 3.75. The van der Waals surface area contributed by atoms with Gasteiger partial charge in [-0.05, 0) is 43.0 Å². The van der Waals surface area contributed by atoms with E-state index in [1.807, 2.05) is 62.4 Å². The molecule has 0 saturated carbocycles. The monoisotopic (exact) mass is 436 g/mol. The van der Waals surface area contributed by atoms with E-state index in [0.29, 0.717) is 23.4 Å². The molecule has 2 aromatic carbocycles. The average Bonchev–Trinajstić information content (AvgIpc) is 2.73. The molecule has 0 radical (unpaired) electrons. The Balaban J connectivity index is 1.63. The molecule has 1 heterocycles. The third kappa shape index (κ3) is 6.18. The van der Waals surface area contributed by atoms with Crippen LogP contribution in [-0.2, 0) is 10.5 Å². The summed E-state index contributed by atoms with van der Waals surface area (Å²) >= 11 is 1.45. The molecule has 0 saturated heterocycles. The SMILES string of the molecule is Cc1ccccc1Nc1nc(N)nc(CS[C@@H](C)C(=O)Nc2ccccc2C(C)C)n1. The normalized spacial score (nSPS) is 11.9. The number of hydrogen-bond donors (Lipinski definition) is 3. The second kappa shape index (κ2) is 10.3. The number of nitrogen functional groups attached to an aromatic ring is 1. The maximum Gasteiger partial charge on any atom is 0.237 e. The molecule has 3 rings (SSSR count). The van der Waals surface area contributed by atoms with Crippen molar-refractivity contribution in [1.29, 1.82) is 0 Å². The minimum Gasteiger partial charge on any atom is -0.368 e. The Hall–Kier alpha value is -3.13. The van der Waals surface area contributed by atoms with Gasteiger partial charge in [0, 0.05) is 11.4 Å². The molecule has 0 aliphatic heterocycles. The van der Waals surface area contributed by atoms with Gasteiger partial charge in [0.05, 0.1) is 11.0 Å². The number of nitrogens with two attached hydrogens (primary N) is 1. The van der Waals surface area contributed by atoms with Crippen LogP contribution in [-0.4, -0.2) is 26.1 Å². The quantitative estimate of drug-likeness (QED) is 0.461. The Morgan fingerprint density at radius 1 is 1.00 bits per heavy atom. The molecule has 8 heteroatoms. The molecule has 31 heavy (non-hydrogen) atoms. The Labute approximate surface area is 187 Å². The highest BCUT2D eigenvalue weighted by Gasteiger charge is 2.17. The smallest absolute Gasteiger partial charge is 0.237 e. The standard InChI is InChI=1S/C23H28N6OS/c1-14(2)17-10-6-8-12-19(17)25-21(30)16(4)31-13-20-27-22(24)29-23(28-20)26-18-11-7-5-9-15(18)3/h5-12,14,16H,13H2,1-4H3,(H,25,30)(H3,24,26,27,28,29)/t16-/m0/s1. The number of aryl methyl sites for hydroxylation is 1. The van der Waals surface area contributed by atoms with E-state index in [1.54, 1.807) is 0 Å². The molecule has 1 amide bonds. The van der Waals surface area contributed by atoms with Crippen molar-refractivity contribution in [2.75, 3.05) is 16.4 Å². The van der Waals surface area contributed by atoms with E-state index in [9.17, 15) is 4.79 Å². The lowest BCUT2D eigenvalue weighted by atomic mass is 10.0. The molecule has 0 bridgehead atoms. The van der Waals surface area contributed by atoms with Crippen molar-refractivity contribution >= 4 is 40.9 Å². The van der Waals surface area contributed by atoms with Crippen molar-refractivity contribution in [3.8, 4) is 0 Å². The van der Waals surface area contributed by atoms with Gasteiger partial charge in [0.1, 0.15) is 5.82 Å². The van der Waals surface area contributed by atoms with Crippen LogP contribution >= 0.6 is 11.8 Å². The van der Waals surface area contributed by atoms with Crippen molar-refractivity contribution in [3.63, 3.8) is 0 Å². The highest BCUT2D eigenvalue weighted by Crippen LogP contribution is 2.25. The van der Waals surface area contributed by atoms with E-state index in [1.165, 1.54) is 11.8 Å². The molecule has 0 aliphatic carbocycles. The molecule has 1 atom stereocenters. The molecule has 1 aromatic heterocycles. The molecule has 162 valence electrons. The molecule has 0 spiro atoms. The fraction of sp³-hybridized carbons (Fsp3) is 0.304. The first-order valence-electron chi connectivity index (χ1n) is 10.2. The highest BCUT2D eigenvalue weighted by molar-refractivity contribution is 7.99. The maximum atomic E-state index is 12.7. The lowest BCUT2D eigenvalue weighted by molar-refractivity contribution is -0.115. The minimum absolute atomic E-state index is 0.0570. The molecule has 0 aliphatic rings. The highest BCUT2D eigenvalue weighted by atomic mass is 32.2. The Morgan fingerprint density at radius 2 is 1.68 bits per heavy atom. The van der Waals surface area contributed by atoms with Crippen LogP contribution in [0.25, 0.3) is 0 Å². The van der Waals surface area contributed by atoms with Crippen molar-refractivity contribution in [2.45, 2.75) is 44.6 Å². The van der Waals surface area contributed by atoms with Crippen LogP contribution in [0.15, 0.2) is 48.5 Å². The van der Waals surface area contributed by atoms with Gasteiger partial charge in [-0.3, -0.25) is 4.79 Å². The number of thioether (sulfide) groups is 1. The maximum absolute atomic E-state index is 12.7. The second-order valence-electron chi connectivity index (χ2n) is 7.56. The molecule has 0 unspecified atom stereocenters. The molecule has 0 fully saturated rings. The van der Waals surface area contributed by atoms with E-state index in [0.717, 1.165) is 22.5 Å². The molecular weight excluding hydrogens is 408 g/mol. The summed E-state index contributed by atoms with van der Waals surface area (Å²) in [6.45, 7) is 8.09. The van der Waals surface area contributed by atoms with Crippen LogP contribution in [0.2, 0.25) is 0 Å². The molecule has 7 nitrogen and oxygen atoms in total. The third-order valence-corrected chi connectivity index (χ3v) is 5.90. The molecule has 3 aromatic rings. The van der Waals surface area contributed by atoms with Crippen LogP contribution < -0.4 is 16.4 Å². The molecular formula is C23H28N6OS. The first-order chi connectivity index (χ1) is 14.8. The van der Waals surface area contributed by atoms with Gasteiger partial charge in [-0.25, -0.2) is 0 Å². The minimum atomic E-state index is -0.286. The largest absolute Gasteiger partial charge is 0.368 e. The lowest BCUT2D eigenvalue weighted by Gasteiger charge is -2.16. The van der Waals surface area contributed by atoms with E-state index in [2.05, 4.69) is 39.4 Å². The number of para-hydroxylation sites is 2. The number of anilines is 4. The predicted molar refractivity (Wildman–Crippen MR) is 129 cm³/mol. The first kappa shape index (κ1) is 22.6. The van der Waals surface area contributed by atoms with Crippen molar-refractivity contribution in [3.05, 3.63) is 65.5 Å². The summed E-state index contributed by atoms with van der Waals surface area (Å²) in [6.07, 6.45) is 0. The fourth-order valence-electron chi connectivity index (χ4n) is 3.02. The zero-order valence-corrected chi connectivity index (χ0v) is 19.0. The van der Waals surface area contributed by atoms with E-state index < -0.39 is 0 Å². The van der Waals surface area contributed by atoms with Gasteiger partial charge in [-0.1, -0.05) is 50.2 Å². The number of aromatic nitrogens is 3. The van der Waals surface area contributed by atoms with Crippen LogP contribution in [0.5, 0.6) is 0 Å². The summed E-state index contributed by atoms with van der Waals surface area (Å²) in [5, 5.41) is 5.94. The lowest BCUT2D eigenvalue weighted by Crippen LogP contribution is -2.23. The number of hydrogen-bond acceptors (Lipinski definition) is 7. The number of carbonyl (C=O) groups is 1. The van der Waals surface area contributed by atoms with Gasteiger partial charge >= 0.3 is 0 Å². The van der Waals surface area contributed by atoms with Crippen molar-refractivity contribution < 1.29 is 4.79 Å². The summed E-state index contributed by atoms with van der Waals surface area (Å²) in [5.41, 5.74) is 9.82. The van der Waals surface area contributed by atoms with Crippen molar-refractivity contribution in [1.82, 2.24) is 15.0 Å². The summed E-state index contributed by atoms with van der Waals surface area (Å²) in [5.74, 6) is 1.77. The van der Waals surface area contributed by atoms with Gasteiger partial charge in [0.15, 0.2) is 0 Å². The Bertz CT molecular complexity index is 1060. The van der Waals surface area contributed by atoms with Crippen LogP contribution in [0.3, 0.4) is 0 Å². The van der Waals surface area contributed by atoms with Crippen LogP contribution in [0.4, 0.5) is 23.3 Å². The zero-order valence-electron chi connectivity index (χ0n) is 18.2. The van der Waals surface area contributed by atoms with Crippen LogP contribution in [0, 0.1) is 6.92 Å². The Morgan fingerprint density at radius 3 is 2.39 bits per heavy atom. The zero-order chi connectivity index (χ0) is 22.4. The molecule has 4 N–H and O–H groups in total. The first-order valence-corrected chi connectivity index (χ1v) is 11.2. The summed E-state index contributed by atoms with van der Waals surface area (Å²) in [7, 11) is 0. The topological polar surface area (TPSA) is 106 Å². The van der Waals surface area contributed by atoms with Crippen LogP contribution in [0.1, 0.15) is 43.6 Å². The van der Waals surface area contributed by atoms with Crippen molar-refractivity contribution in [2.24, 2.45) is 0 Å². The van der Waals surface area contributed by atoms with E-state index >= 15 is 0 Å². The summed E-state index contributed by atoms with van der Waals surface area (Å²) in [6, 6.07) is 15.7. The van der Waals surface area contributed by atoms with E-state index in [-0.39, 0.29) is 17.1 Å².